The first-order valence-electron chi connectivity index (χ1n) is 3.83. The summed E-state index contributed by atoms with van der Waals surface area (Å²) in [6.45, 7) is 0. The van der Waals surface area contributed by atoms with Crippen LogP contribution in [0.5, 0.6) is 0 Å². The van der Waals surface area contributed by atoms with Crippen LogP contribution in [-0.2, 0) is 0 Å². The smallest absolute Gasteiger partial charge is 0.145 e. The zero-order chi connectivity index (χ0) is 10.1. The molecule has 2 aromatic heterocycles. The predicted octanol–water partition coefficient (Wildman–Crippen LogP) is 3.34. The second kappa shape index (κ2) is 3.63. The number of rotatable bonds is 1. The first kappa shape index (κ1) is 9.55. The van der Waals surface area contributed by atoms with Crippen molar-refractivity contribution in [1.29, 1.82) is 0 Å². The Balaban J connectivity index is 2.61. The zero-order valence-corrected chi connectivity index (χ0v) is 9.34. The van der Waals surface area contributed by atoms with Crippen molar-refractivity contribution < 1.29 is 4.42 Å². The monoisotopic (exact) mass is 272 g/mol. The molecule has 0 atom stereocenters. The Kier molecular flexibility index (Phi) is 2.48. The van der Waals surface area contributed by atoms with E-state index in [0.29, 0.717) is 21.1 Å². The fourth-order valence-corrected chi connectivity index (χ4v) is 1.57. The standard InChI is InChI=1S/C9H6BrClN2O/c10-7-8(12)5(4-13-9(7)11)6-2-1-3-14-6/h1-4H,(H2,12,13). The van der Waals surface area contributed by atoms with Gasteiger partial charge in [0.25, 0.3) is 0 Å². The van der Waals surface area contributed by atoms with E-state index in [4.69, 9.17) is 21.8 Å². The Morgan fingerprint density at radius 1 is 1.50 bits per heavy atom. The van der Waals surface area contributed by atoms with Crippen molar-refractivity contribution in [3.8, 4) is 11.3 Å². The molecule has 0 saturated heterocycles. The minimum absolute atomic E-state index is 0.345. The van der Waals surface area contributed by atoms with Gasteiger partial charge in [-0.3, -0.25) is 0 Å². The van der Waals surface area contributed by atoms with E-state index >= 15 is 0 Å². The van der Waals surface area contributed by atoms with Gasteiger partial charge in [-0.25, -0.2) is 4.98 Å². The maximum absolute atomic E-state index is 5.84. The van der Waals surface area contributed by atoms with Gasteiger partial charge in [0.1, 0.15) is 10.9 Å². The van der Waals surface area contributed by atoms with Crippen LogP contribution in [0.3, 0.4) is 0 Å². The van der Waals surface area contributed by atoms with E-state index < -0.39 is 0 Å². The summed E-state index contributed by atoms with van der Waals surface area (Å²) in [5.41, 5.74) is 7.10. The molecule has 0 radical (unpaired) electrons. The molecule has 0 bridgehead atoms. The SMILES string of the molecule is Nc1c(-c2ccco2)cnc(Cl)c1Br. The molecule has 0 unspecified atom stereocenters. The second-order valence-electron chi connectivity index (χ2n) is 2.67. The number of hydrogen-bond donors (Lipinski definition) is 1. The highest BCUT2D eigenvalue weighted by molar-refractivity contribution is 9.10. The second-order valence-corrected chi connectivity index (χ2v) is 3.82. The lowest BCUT2D eigenvalue weighted by atomic mass is 10.2. The molecule has 2 rings (SSSR count). The largest absolute Gasteiger partial charge is 0.464 e. The first-order chi connectivity index (χ1) is 6.70. The zero-order valence-electron chi connectivity index (χ0n) is 7.00. The summed E-state index contributed by atoms with van der Waals surface area (Å²) in [4.78, 5) is 3.97. The Hall–Kier alpha value is -1.00. The molecule has 2 heterocycles. The molecule has 2 N–H and O–H groups in total. The summed E-state index contributed by atoms with van der Waals surface area (Å²) in [7, 11) is 0. The predicted molar refractivity (Wildman–Crippen MR) is 59.1 cm³/mol. The minimum atomic E-state index is 0.345. The van der Waals surface area contributed by atoms with Gasteiger partial charge in [0.2, 0.25) is 0 Å². The van der Waals surface area contributed by atoms with Gasteiger partial charge in [-0.1, -0.05) is 11.6 Å². The van der Waals surface area contributed by atoms with E-state index in [-0.39, 0.29) is 0 Å². The summed E-state index contributed by atoms with van der Waals surface area (Å²) in [5, 5.41) is 0.345. The molecule has 0 saturated carbocycles. The first-order valence-corrected chi connectivity index (χ1v) is 5.00. The molecule has 72 valence electrons. The number of furan rings is 1. The highest BCUT2D eigenvalue weighted by atomic mass is 79.9. The Morgan fingerprint density at radius 3 is 2.93 bits per heavy atom. The fraction of sp³-hybridized carbons (Fsp3) is 0. The van der Waals surface area contributed by atoms with Gasteiger partial charge >= 0.3 is 0 Å². The molecule has 0 aromatic carbocycles. The van der Waals surface area contributed by atoms with E-state index in [1.165, 1.54) is 0 Å². The molecular weight excluding hydrogens is 267 g/mol. The quantitative estimate of drug-likeness (QED) is 0.811. The van der Waals surface area contributed by atoms with Crippen LogP contribution in [0.4, 0.5) is 5.69 Å². The van der Waals surface area contributed by atoms with Gasteiger partial charge in [-0.2, -0.15) is 0 Å². The summed E-state index contributed by atoms with van der Waals surface area (Å²) < 4.78 is 5.80. The number of anilines is 1. The van der Waals surface area contributed by atoms with Crippen LogP contribution >= 0.6 is 27.5 Å². The molecule has 0 aliphatic rings. The highest BCUT2D eigenvalue weighted by Crippen LogP contribution is 2.34. The van der Waals surface area contributed by atoms with Crippen LogP contribution < -0.4 is 5.73 Å². The molecule has 14 heavy (non-hydrogen) atoms. The van der Waals surface area contributed by atoms with Gasteiger partial charge in [-0.05, 0) is 28.1 Å². The summed E-state index contributed by atoms with van der Waals surface area (Å²) >= 11 is 9.03. The van der Waals surface area contributed by atoms with Crippen molar-refractivity contribution in [3.05, 3.63) is 34.2 Å². The molecular formula is C9H6BrClN2O. The van der Waals surface area contributed by atoms with Gasteiger partial charge in [0, 0.05) is 6.20 Å². The molecule has 3 nitrogen and oxygen atoms in total. The number of nitrogens with two attached hydrogens (primary N) is 1. The van der Waals surface area contributed by atoms with Crippen LogP contribution in [0.1, 0.15) is 0 Å². The lowest BCUT2D eigenvalue weighted by Crippen LogP contribution is -1.93. The van der Waals surface area contributed by atoms with Gasteiger partial charge < -0.3 is 10.2 Å². The van der Waals surface area contributed by atoms with Crippen molar-refractivity contribution in [2.75, 3.05) is 5.73 Å². The third-order valence-corrected chi connectivity index (χ3v) is 3.12. The topological polar surface area (TPSA) is 52.0 Å². The average Bonchev–Trinajstić information content (AvgIpc) is 2.67. The van der Waals surface area contributed by atoms with E-state index in [1.807, 2.05) is 6.07 Å². The Morgan fingerprint density at radius 2 is 2.29 bits per heavy atom. The van der Waals surface area contributed by atoms with E-state index in [9.17, 15) is 0 Å². The lowest BCUT2D eigenvalue weighted by Gasteiger charge is -2.04. The molecule has 2 aromatic rings. The van der Waals surface area contributed by atoms with Gasteiger partial charge in [-0.15, -0.1) is 0 Å². The number of pyridine rings is 1. The summed E-state index contributed by atoms with van der Waals surface area (Å²) in [5.74, 6) is 0.673. The maximum Gasteiger partial charge on any atom is 0.145 e. The van der Waals surface area contributed by atoms with Crippen LogP contribution in [0.15, 0.2) is 33.5 Å². The third kappa shape index (κ3) is 1.51. The average molecular weight is 274 g/mol. The van der Waals surface area contributed by atoms with Crippen LogP contribution in [0.2, 0.25) is 5.15 Å². The highest BCUT2D eigenvalue weighted by Gasteiger charge is 2.11. The minimum Gasteiger partial charge on any atom is -0.464 e. The van der Waals surface area contributed by atoms with Crippen molar-refractivity contribution in [2.24, 2.45) is 0 Å². The molecule has 0 spiro atoms. The van der Waals surface area contributed by atoms with Crippen molar-refractivity contribution >= 4 is 33.2 Å². The number of aromatic nitrogens is 1. The van der Waals surface area contributed by atoms with Crippen LogP contribution in [0.25, 0.3) is 11.3 Å². The fourth-order valence-electron chi connectivity index (χ4n) is 1.10. The van der Waals surface area contributed by atoms with Crippen molar-refractivity contribution in [1.82, 2.24) is 4.98 Å². The molecule has 0 aliphatic heterocycles. The molecule has 5 heteroatoms. The summed E-state index contributed by atoms with van der Waals surface area (Å²) in [6.07, 6.45) is 3.17. The third-order valence-electron chi connectivity index (χ3n) is 1.80. The van der Waals surface area contributed by atoms with E-state index in [0.717, 1.165) is 5.56 Å². The number of nitrogens with zero attached hydrogens (tertiary/aromatic N) is 1. The van der Waals surface area contributed by atoms with E-state index in [2.05, 4.69) is 20.9 Å². The molecule has 0 amide bonds. The maximum atomic E-state index is 5.84. The Bertz CT molecular complexity index is 456. The summed E-state index contributed by atoms with van der Waals surface area (Å²) in [6, 6.07) is 3.60. The molecule has 0 fully saturated rings. The Labute approximate surface area is 94.0 Å². The number of nitrogen functional groups attached to an aromatic ring is 1. The number of hydrogen-bond acceptors (Lipinski definition) is 3. The van der Waals surface area contributed by atoms with Crippen LogP contribution in [-0.4, -0.2) is 4.98 Å². The van der Waals surface area contributed by atoms with Gasteiger partial charge in [0.15, 0.2) is 0 Å². The van der Waals surface area contributed by atoms with Crippen LogP contribution in [0, 0.1) is 0 Å². The lowest BCUT2D eigenvalue weighted by molar-refractivity contribution is 0.582. The van der Waals surface area contributed by atoms with E-state index in [1.54, 1.807) is 18.5 Å². The van der Waals surface area contributed by atoms with Crippen molar-refractivity contribution in [2.45, 2.75) is 0 Å². The van der Waals surface area contributed by atoms with Crippen molar-refractivity contribution in [3.63, 3.8) is 0 Å². The number of halogens is 2. The van der Waals surface area contributed by atoms with Gasteiger partial charge in [0.05, 0.1) is 22.0 Å². The normalized spacial score (nSPS) is 10.4. The molecule has 0 aliphatic carbocycles.